The Bertz CT molecular complexity index is 1230. The molecule has 1 aliphatic heterocycles. The highest BCUT2D eigenvalue weighted by Crippen LogP contribution is 2.46. The molecule has 1 heterocycles. The standard InChI is InChI=1S/C37H61N5O7/c1-11-13-25(27(43)32(45)38-19-12-2)39-31(44)26-24(21(3)4)18-20-42(26)33(46)29(36(5,6)7)40-35(48)41-30(37(8,9)10)34(47)49-28(22-14-15-22)23-16-17-23/h12,21-26,28-30H,2,11,13-20H2,1,3-10H3,(H,38,45)(H,39,44)(H2,40,41,48)/t24-,25?,26+,29-,30-/m1/s1. The van der Waals surface area contributed by atoms with Gasteiger partial charge in [-0.25, -0.2) is 9.59 Å². The van der Waals surface area contributed by atoms with Gasteiger partial charge >= 0.3 is 12.0 Å². The normalized spacial score (nSPS) is 21.4. The number of ketones is 1. The van der Waals surface area contributed by atoms with Crippen molar-refractivity contribution in [3.05, 3.63) is 12.7 Å². The predicted molar refractivity (Wildman–Crippen MR) is 187 cm³/mol. The molecule has 12 nitrogen and oxygen atoms in total. The fourth-order valence-corrected chi connectivity index (χ4v) is 6.70. The molecule has 5 amide bonds. The summed E-state index contributed by atoms with van der Waals surface area (Å²) in [6.45, 7) is 20.8. The molecule has 0 aromatic heterocycles. The van der Waals surface area contributed by atoms with Gasteiger partial charge in [-0.3, -0.25) is 19.2 Å². The zero-order valence-electron chi connectivity index (χ0n) is 31.1. The van der Waals surface area contributed by atoms with Gasteiger partial charge in [0, 0.05) is 13.1 Å². The molecule has 0 bridgehead atoms. The molecule has 0 spiro atoms. The van der Waals surface area contributed by atoms with Gasteiger partial charge in [-0.15, -0.1) is 6.58 Å². The minimum atomic E-state index is -1.05. The number of amides is 5. The van der Waals surface area contributed by atoms with Crippen molar-refractivity contribution in [2.75, 3.05) is 13.1 Å². The van der Waals surface area contributed by atoms with Crippen LogP contribution < -0.4 is 21.3 Å². The van der Waals surface area contributed by atoms with Crippen LogP contribution in [0.15, 0.2) is 12.7 Å². The number of nitrogens with one attached hydrogen (secondary N) is 4. The second-order valence-corrected chi connectivity index (χ2v) is 16.7. The van der Waals surface area contributed by atoms with E-state index in [9.17, 15) is 28.8 Å². The van der Waals surface area contributed by atoms with Gasteiger partial charge in [-0.2, -0.15) is 0 Å². The molecule has 3 fully saturated rings. The number of hydrogen-bond acceptors (Lipinski definition) is 7. The quantitative estimate of drug-likeness (QED) is 0.109. The maximum atomic E-state index is 14.4. The topological polar surface area (TPSA) is 163 Å². The van der Waals surface area contributed by atoms with Gasteiger partial charge in [0.15, 0.2) is 0 Å². The summed E-state index contributed by atoms with van der Waals surface area (Å²) in [5.41, 5.74) is -1.43. The van der Waals surface area contributed by atoms with Crippen molar-refractivity contribution in [1.29, 1.82) is 0 Å². The minimum Gasteiger partial charge on any atom is -0.460 e. The largest absolute Gasteiger partial charge is 0.460 e. The molecule has 3 aliphatic rings. The number of carbonyl (C=O) groups is 6. The second kappa shape index (κ2) is 16.5. The number of Topliss-reactive ketones (excluding diaryl/α,β-unsaturated/α-hetero) is 1. The number of carbonyl (C=O) groups excluding carboxylic acids is 6. The third-order valence-corrected chi connectivity index (χ3v) is 9.88. The zero-order valence-corrected chi connectivity index (χ0v) is 31.1. The van der Waals surface area contributed by atoms with E-state index in [-0.39, 0.29) is 37.5 Å². The van der Waals surface area contributed by atoms with Crippen LogP contribution in [0.25, 0.3) is 0 Å². The first kappa shape index (κ1) is 40.0. The Balaban J connectivity index is 1.80. The van der Waals surface area contributed by atoms with Crippen molar-refractivity contribution < 1.29 is 33.5 Å². The van der Waals surface area contributed by atoms with Crippen LogP contribution in [0.2, 0.25) is 0 Å². The fraction of sp³-hybridized carbons (Fsp3) is 0.784. The SMILES string of the molecule is C=CCNC(=O)C(=O)C(CCC)NC(=O)[C@@H]1[C@@H](C(C)C)CCN1C(=O)[C@@H](NC(=O)N[C@H](C(=O)OC(C1CC1)C1CC1)C(C)(C)C)C(C)(C)C. The number of ether oxygens (including phenoxy) is 1. The van der Waals surface area contributed by atoms with Crippen molar-refractivity contribution >= 4 is 35.5 Å². The Morgan fingerprint density at radius 1 is 0.857 bits per heavy atom. The summed E-state index contributed by atoms with van der Waals surface area (Å²) in [5, 5.41) is 10.9. The van der Waals surface area contributed by atoms with E-state index in [4.69, 9.17) is 4.74 Å². The molecule has 2 saturated carbocycles. The molecule has 0 radical (unpaired) electrons. The summed E-state index contributed by atoms with van der Waals surface area (Å²) in [5.74, 6) is -2.40. The number of urea groups is 1. The number of esters is 1. The van der Waals surface area contributed by atoms with Crippen molar-refractivity contribution in [2.45, 2.75) is 138 Å². The highest BCUT2D eigenvalue weighted by Gasteiger charge is 2.49. The molecule has 0 aromatic carbocycles. The Hall–Kier alpha value is -3.44. The van der Waals surface area contributed by atoms with E-state index in [1.807, 2.05) is 62.3 Å². The summed E-state index contributed by atoms with van der Waals surface area (Å²) >= 11 is 0. The van der Waals surface area contributed by atoms with E-state index < -0.39 is 70.5 Å². The van der Waals surface area contributed by atoms with Crippen LogP contribution >= 0.6 is 0 Å². The van der Waals surface area contributed by atoms with Crippen molar-refractivity contribution in [3.8, 4) is 0 Å². The van der Waals surface area contributed by atoms with Crippen LogP contribution in [0.5, 0.6) is 0 Å². The highest BCUT2D eigenvalue weighted by molar-refractivity contribution is 6.38. The Morgan fingerprint density at radius 3 is 1.88 bits per heavy atom. The molecule has 1 saturated heterocycles. The molecule has 12 heteroatoms. The molecule has 3 rings (SSSR count). The predicted octanol–water partition coefficient (Wildman–Crippen LogP) is 3.88. The van der Waals surface area contributed by atoms with E-state index >= 15 is 0 Å². The fourth-order valence-electron chi connectivity index (χ4n) is 6.70. The van der Waals surface area contributed by atoms with Gasteiger partial charge in [-0.1, -0.05) is 74.8 Å². The summed E-state index contributed by atoms with van der Waals surface area (Å²) < 4.78 is 6.01. The number of rotatable bonds is 16. The molecule has 5 atom stereocenters. The third-order valence-electron chi connectivity index (χ3n) is 9.88. The van der Waals surface area contributed by atoms with Gasteiger partial charge in [-0.05, 0) is 73.0 Å². The van der Waals surface area contributed by atoms with Crippen LogP contribution in [0.4, 0.5) is 4.79 Å². The van der Waals surface area contributed by atoms with Gasteiger partial charge in [0.1, 0.15) is 24.2 Å². The summed E-state index contributed by atoms with van der Waals surface area (Å²) in [7, 11) is 0. The van der Waals surface area contributed by atoms with E-state index in [0.29, 0.717) is 24.7 Å². The Morgan fingerprint density at radius 2 is 1.41 bits per heavy atom. The summed E-state index contributed by atoms with van der Waals surface area (Å²) in [6.07, 6.45) is 6.88. The lowest BCUT2D eigenvalue weighted by Gasteiger charge is -2.38. The molecular formula is C37H61N5O7. The summed E-state index contributed by atoms with van der Waals surface area (Å²) in [4.78, 5) is 82.4. The van der Waals surface area contributed by atoms with Gasteiger partial charge in [0.2, 0.25) is 17.6 Å². The van der Waals surface area contributed by atoms with E-state index in [0.717, 1.165) is 25.7 Å². The van der Waals surface area contributed by atoms with Crippen molar-refractivity contribution in [3.63, 3.8) is 0 Å². The first-order valence-corrected chi connectivity index (χ1v) is 18.1. The minimum absolute atomic E-state index is 0.0303. The average Bonchev–Trinajstić information content (AvgIpc) is 3.95. The smallest absolute Gasteiger partial charge is 0.329 e. The van der Waals surface area contributed by atoms with Crippen LogP contribution in [0.3, 0.4) is 0 Å². The number of likely N-dealkylation sites (tertiary alicyclic amines) is 1. The summed E-state index contributed by atoms with van der Waals surface area (Å²) in [6, 6.07) is -4.64. The van der Waals surface area contributed by atoms with Crippen molar-refractivity contribution in [2.24, 2.45) is 34.5 Å². The van der Waals surface area contributed by atoms with Crippen LogP contribution in [0.1, 0.15) is 107 Å². The molecule has 2 aliphatic carbocycles. The molecule has 276 valence electrons. The van der Waals surface area contributed by atoms with E-state index in [2.05, 4.69) is 27.8 Å². The second-order valence-electron chi connectivity index (χ2n) is 16.7. The van der Waals surface area contributed by atoms with Crippen molar-refractivity contribution in [1.82, 2.24) is 26.2 Å². The molecular weight excluding hydrogens is 626 g/mol. The first-order valence-electron chi connectivity index (χ1n) is 18.1. The number of hydrogen-bond donors (Lipinski definition) is 4. The highest BCUT2D eigenvalue weighted by atomic mass is 16.5. The van der Waals surface area contributed by atoms with Gasteiger partial charge in [0.25, 0.3) is 5.91 Å². The molecule has 4 N–H and O–H groups in total. The van der Waals surface area contributed by atoms with Crippen LogP contribution in [0, 0.1) is 34.5 Å². The molecule has 1 unspecified atom stereocenters. The Kier molecular flexibility index (Phi) is 13.5. The van der Waals surface area contributed by atoms with Crippen LogP contribution in [-0.2, 0) is 28.7 Å². The zero-order chi connectivity index (χ0) is 36.8. The maximum Gasteiger partial charge on any atom is 0.329 e. The number of nitrogens with zero attached hydrogens (tertiary/aromatic N) is 1. The molecule has 49 heavy (non-hydrogen) atoms. The Labute approximate surface area is 292 Å². The maximum absolute atomic E-state index is 14.4. The lowest BCUT2D eigenvalue weighted by Crippen LogP contribution is -2.62. The average molecular weight is 688 g/mol. The van der Waals surface area contributed by atoms with Crippen LogP contribution in [-0.4, -0.2) is 83.8 Å². The van der Waals surface area contributed by atoms with E-state index in [1.54, 1.807) is 0 Å². The molecule has 0 aromatic rings. The van der Waals surface area contributed by atoms with Gasteiger partial charge in [0.05, 0.1) is 6.04 Å². The van der Waals surface area contributed by atoms with Gasteiger partial charge < -0.3 is 30.9 Å². The lowest BCUT2D eigenvalue weighted by molar-refractivity contribution is -0.156. The third kappa shape index (κ3) is 10.8. The van der Waals surface area contributed by atoms with E-state index in [1.165, 1.54) is 11.0 Å². The first-order chi connectivity index (χ1) is 22.8. The monoisotopic (exact) mass is 687 g/mol. The lowest BCUT2D eigenvalue weighted by atomic mass is 9.84.